The van der Waals surface area contributed by atoms with Crippen molar-refractivity contribution in [2.75, 3.05) is 5.01 Å². The molecule has 15 heavy (non-hydrogen) atoms. The maximum atomic E-state index is 11.5. The van der Waals surface area contributed by atoms with Crippen molar-refractivity contribution in [1.82, 2.24) is 0 Å². The van der Waals surface area contributed by atoms with Crippen LogP contribution in [-0.2, 0) is 4.79 Å². The van der Waals surface area contributed by atoms with E-state index in [0.29, 0.717) is 22.2 Å². The van der Waals surface area contributed by atoms with Gasteiger partial charge >= 0.3 is 0 Å². The third-order valence-corrected chi connectivity index (χ3v) is 2.59. The first kappa shape index (κ1) is 10.5. The van der Waals surface area contributed by atoms with Crippen LogP contribution < -0.4 is 5.01 Å². The van der Waals surface area contributed by atoms with E-state index in [2.05, 4.69) is 5.10 Å². The van der Waals surface area contributed by atoms with Gasteiger partial charge in [-0.05, 0) is 25.1 Å². The summed E-state index contributed by atoms with van der Waals surface area (Å²) in [5.41, 5.74) is 1.36. The van der Waals surface area contributed by atoms with Gasteiger partial charge in [0.05, 0.1) is 17.1 Å². The van der Waals surface area contributed by atoms with Gasteiger partial charge in [0.25, 0.3) is 5.91 Å². The Bertz CT molecular complexity index is 457. The second-order valence-electron chi connectivity index (χ2n) is 3.31. The summed E-state index contributed by atoms with van der Waals surface area (Å²) in [6, 6.07) is 4.96. The van der Waals surface area contributed by atoms with Crippen molar-refractivity contribution in [2.24, 2.45) is 5.10 Å². The molecular formula is C10H8Cl2N2O. The zero-order valence-corrected chi connectivity index (χ0v) is 9.51. The van der Waals surface area contributed by atoms with Gasteiger partial charge in [0, 0.05) is 10.7 Å². The topological polar surface area (TPSA) is 32.7 Å². The van der Waals surface area contributed by atoms with Crippen molar-refractivity contribution >= 4 is 40.5 Å². The number of rotatable bonds is 1. The van der Waals surface area contributed by atoms with E-state index in [1.165, 1.54) is 5.01 Å². The Kier molecular flexibility index (Phi) is 2.67. The van der Waals surface area contributed by atoms with Gasteiger partial charge in [0.2, 0.25) is 0 Å². The minimum absolute atomic E-state index is 0.0725. The summed E-state index contributed by atoms with van der Waals surface area (Å²) in [4.78, 5) is 11.5. The van der Waals surface area contributed by atoms with Crippen molar-refractivity contribution in [3.63, 3.8) is 0 Å². The van der Waals surface area contributed by atoms with Crippen LogP contribution in [0.25, 0.3) is 0 Å². The number of hydrazone groups is 1. The molecule has 1 aromatic carbocycles. The molecule has 0 spiro atoms. The Labute approximate surface area is 97.3 Å². The highest BCUT2D eigenvalue weighted by atomic mass is 35.5. The SMILES string of the molecule is CC1=NN(c2ccc(Cl)cc2Cl)C(=O)C1. The molecule has 1 aromatic rings. The van der Waals surface area contributed by atoms with Crippen LogP contribution in [0.5, 0.6) is 0 Å². The number of amides is 1. The predicted octanol–water partition coefficient (Wildman–Crippen LogP) is 3.11. The average molecular weight is 243 g/mol. The van der Waals surface area contributed by atoms with Crippen LogP contribution in [-0.4, -0.2) is 11.6 Å². The molecule has 1 aliphatic heterocycles. The lowest BCUT2D eigenvalue weighted by Crippen LogP contribution is -2.19. The second kappa shape index (κ2) is 3.83. The number of carbonyl (C=O) groups excluding carboxylic acids is 1. The van der Waals surface area contributed by atoms with Crippen molar-refractivity contribution in [3.8, 4) is 0 Å². The maximum Gasteiger partial charge on any atom is 0.253 e. The molecule has 3 nitrogen and oxygen atoms in total. The van der Waals surface area contributed by atoms with E-state index < -0.39 is 0 Å². The predicted molar refractivity (Wildman–Crippen MR) is 61.7 cm³/mol. The van der Waals surface area contributed by atoms with E-state index in [0.717, 1.165) is 5.71 Å². The monoisotopic (exact) mass is 242 g/mol. The molecule has 0 atom stereocenters. The first-order chi connectivity index (χ1) is 7.08. The fourth-order valence-electron chi connectivity index (χ4n) is 1.40. The third kappa shape index (κ3) is 1.98. The molecule has 0 radical (unpaired) electrons. The van der Waals surface area contributed by atoms with Crippen LogP contribution >= 0.6 is 23.2 Å². The number of nitrogens with zero attached hydrogens (tertiary/aromatic N) is 2. The Hall–Kier alpha value is -1.06. The van der Waals surface area contributed by atoms with Crippen molar-refractivity contribution < 1.29 is 4.79 Å². The number of anilines is 1. The molecule has 1 amide bonds. The summed E-state index contributed by atoms with van der Waals surface area (Å²) >= 11 is 11.7. The molecular weight excluding hydrogens is 235 g/mol. The standard InChI is InChI=1S/C10H8Cl2N2O/c1-6-4-10(15)14(13-6)9-3-2-7(11)5-8(9)12/h2-3,5H,4H2,1H3. The highest BCUT2D eigenvalue weighted by Gasteiger charge is 2.24. The van der Waals surface area contributed by atoms with Gasteiger partial charge < -0.3 is 0 Å². The third-order valence-electron chi connectivity index (χ3n) is 2.05. The van der Waals surface area contributed by atoms with Crippen LogP contribution in [0.15, 0.2) is 23.3 Å². The van der Waals surface area contributed by atoms with E-state index in [4.69, 9.17) is 23.2 Å². The van der Waals surface area contributed by atoms with Crippen molar-refractivity contribution in [1.29, 1.82) is 0 Å². The fraction of sp³-hybridized carbons (Fsp3) is 0.200. The first-order valence-corrected chi connectivity index (χ1v) is 5.15. The number of carbonyl (C=O) groups is 1. The summed E-state index contributed by atoms with van der Waals surface area (Å²) in [7, 11) is 0. The minimum atomic E-state index is -0.0725. The zero-order chi connectivity index (χ0) is 11.0. The smallest absolute Gasteiger partial charge is 0.253 e. The summed E-state index contributed by atoms with van der Waals surface area (Å²) in [6.07, 6.45) is 0.346. The van der Waals surface area contributed by atoms with E-state index in [1.54, 1.807) is 18.2 Å². The lowest BCUT2D eigenvalue weighted by Gasteiger charge is -2.13. The fourth-order valence-corrected chi connectivity index (χ4v) is 1.89. The first-order valence-electron chi connectivity index (χ1n) is 4.40. The van der Waals surface area contributed by atoms with E-state index >= 15 is 0 Å². The van der Waals surface area contributed by atoms with Gasteiger partial charge in [-0.2, -0.15) is 10.1 Å². The Morgan fingerprint density at radius 1 is 1.40 bits per heavy atom. The van der Waals surface area contributed by atoms with Gasteiger partial charge in [0.15, 0.2) is 0 Å². The number of hydrogen-bond acceptors (Lipinski definition) is 2. The van der Waals surface area contributed by atoms with Gasteiger partial charge in [-0.15, -0.1) is 0 Å². The molecule has 0 saturated heterocycles. The normalized spacial score (nSPS) is 15.8. The number of hydrogen-bond donors (Lipinski definition) is 0. The molecule has 0 unspecified atom stereocenters. The molecule has 0 saturated carbocycles. The highest BCUT2D eigenvalue weighted by Crippen LogP contribution is 2.31. The molecule has 5 heteroatoms. The van der Waals surface area contributed by atoms with Crippen LogP contribution in [0.1, 0.15) is 13.3 Å². The zero-order valence-electron chi connectivity index (χ0n) is 8.00. The molecule has 0 bridgehead atoms. The summed E-state index contributed by atoms with van der Waals surface area (Å²) in [6.45, 7) is 1.81. The lowest BCUT2D eigenvalue weighted by atomic mass is 10.3. The molecule has 0 aliphatic carbocycles. The Morgan fingerprint density at radius 3 is 2.67 bits per heavy atom. The molecule has 1 heterocycles. The summed E-state index contributed by atoms with van der Waals surface area (Å²) in [5, 5.41) is 6.38. The van der Waals surface area contributed by atoms with Gasteiger partial charge in [-0.3, -0.25) is 4.79 Å². The van der Waals surface area contributed by atoms with Gasteiger partial charge in [-0.25, -0.2) is 0 Å². The van der Waals surface area contributed by atoms with Gasteiger partial charge in [0.1, 0.15) is 0 Å². The molecule has 0 N–H and O–H groups in total. The van der Waals surface area contributed by atoms with Crippen LogP contribution in [0.2, 0.25) is 10.0 Å². The average Bonchev–Trinajstić information content (AvgIpc) is 2.45. The summed E-state index contributed by atoms with van der Waals surface area (Å²) in [5.74, 6) is -0.0725. The number of halogens is 2. The highest BCUT2D eigenvalue weighted by molar-refractivity contribution is 6.37. The van der Waals surface area contributed by atoms with Crippen LogP contribution in [0.3, 0.4) is 0 Å². The molecule has 0 fully saturated rings. The largest absolute Gasteiger partial charge is 0.272 e. The molecule has 78 valence electrons. The van der Waals surface area contributed by atoms with Crippen molar-refractivity contribution in [3.05, 3.63) is 28.2 Å². The van der Waals surface area contributed by atoms with Crippen LogP contribution in [0.4, 0.5) is 5.69 Å². The van der Waals surface area contributed by atoms with E-state index in [9.17, 15) is 4.79 Å². The summed E-state index contributed by atoms with van der Waals surface area (Å²) < 4.78 is 0. The van der Waals surface area contributed by atoms with E-state index in [1.807, 2.05) is 6.92 Å². The number of benzene rings is 1. The minimum Gasteiger partial charge on any atom is -0.272 e. The van der Waals surface area contributed by atoms with Crippen LogP contribution in [0, 0.1) is 0 Å². The molecule has 1 aliphatic rings. The molecule has 2 rings (SSSR count). The Balaban J connectivity index is 2.42. The lowest BCUT2D eigenvalue weighted by molar-refractivity contribution is -0.116. The van der Waals surface area contributed by atoms with Crippen molar-refractivity contribution in [2.45, 2.75) is 13.3 Å². The van der Waals surface area contributed by atoms with Gasteiger partial charge in [-0.1, -0.05) is 23.2 Å². The second-order valence-corrected chi connectivity index (χ2v) is 4.16. The van der Waals surface area contributed by atoms with E-state index in [-0.39, 0.29) is 5.91 Å². The Morgan fingerprint density at radius 2 is 2.13 bits per heavy atom. The molecule has 0 aromatic heterocycles. The quantitative estimate of drug-likeness (QED) is 0.745. The maximum absolute atomic E-state index is 11.5.